The quantitative estimate of drug-likeness (QED) is 0.370. The lowest BCUT2D eigenvalue weighted by Gasteiger charge is -2.45. The van der Waals surface area contributed by atoms with Gasteiger partial charge < -0.3 is 25.5 Å². The van der Waals surface area contributed by atoms with Crippen LogP contribution in [0.2, 0.25) is 0 Å². The highest BCUT2D eigenvalue weighted by Crippen LogP contribution is 2.37. The van der Waals surface area contributed by atoms with Crippen molar-refractivity contribution >= 4 is 35.3 Å². The van der Waals surface area contributed by atoms with Crippen LogP contribution in [0, 0.1) is 0 Å². The molecule has 1 aromatic carbocycles. The molecule has 0 amide bonds. The predicted molar refractivity (Wildman–Crippen MR) is 134 cm³/mol. The molecular weight excluding hydrogens is 472 g/mol. The Morgan fingerprint density at radius 1 is 1.11 bits per heavy atom. The van der Waals surface area contributed by atoms with E-state index in [9.17, 15) is 4.79 Å². The number of rotatable bonds is 7. The van der Waals surface area contributed by atoms with E-state index in [0.717, 1.165) is 43.2 Å². The number of guanidine groups is 2. The van der Waals surface area contributed by atoms with Gasteiger partial charge in [0.2, 0.25) is 11.9 Å². The van der Waals surface area contributed by atoms with Crippen LogP contribution in [0.1, 0.15) is 44.2 Å². The Balaban J connectivity index is 0.00000289. The molecule has 0 radical (unpaired) electrons. The number of hydrogen-bond acceptors (Lipinski definition) is 10. The minimum absolute atomic E-state index is 0. The SMILES string of the molecule is Cl.NC1=NC2(CCCCC2)N(Cc2cn(CCCOc3ccc4ccc(=O)oc4c3)nn2)C(N)=N1. The topological polar surface area (TPSA) is 150 Å². The van der Waals surface area contributed by atoms with Crippen molar-refractivity contribution in [1.82, 2.24) is 19.9 Å². The van der Waals surface area contributed by atoms with Crippen molar-refractivity contribution in [2.24, 2.45) is 21.5 Å². The first-order valence-electron chi connectivity index (χ1n) is 11.5. The lowest BCUT2D eigenvalue weighted by molar-refractivity contribution is 0.113. The zero-order valence-corrected chi connectivity index (χ0v) is 20.1. The van der Waals surface area contributed by atoms with Crippen LogP contribution in [-0.2, 0) is 13.1 Å². The molecule has 1 spiro atoms. The largest absolute Gasteiger partial charge is 0.493 e. The maximum Gasteiger partial charge on any atom is 0.336 e. The van der Waals surface area contributed by atoms with Crippen molar-refractivity contribution in [2.45, 2.75) is 57.3 Å². The van der Waals surface area contributed by atoms with Gasteiger partial charge in [-0.15, -0.1) is 17.5 Å². The molecule has 2 aromatic heterocycles. The number of hydrogen-bond donors (Lipinski definition) is 2. The molecule has 0 saturated heterocycles. The Hall–Kier alpha value is -3.60. The highest BCUT2D eigenvalue weighted by Gasteiger charge is 2.41. The number of halogens is 1. The van der Waals surface area contributed by atoms with Crippen molar-refractivity contribution in [2.75, 3.05) is 6.61 Å². The summed E-state index contributed by atoms with van der Waals surface area (Å²) < 4.78 is 12.8. The summed E-state index contributed by atoms with van der Waals surface area (Å²) in [7, 11) is 0. The zero-order chi connectivity index (χ0) is 23.5. The van der Waals surface area contributed by atoms with E-state index >= 15 is 0 Å². The second-order valence-corrected chi connectivity index (χ2v) is 8.70. The Morgan fingerprint density at radius 3 is 2.74 bits per heavy atom. The Kier molecular flexibility index (Phi) is 7.25. The smallest absolute Gasteiger partial charge is 0.336 e. The number of aromatic nitrogens is 3. The van der Waals surface area contributed by atoms with Crippen molar-refractivity contribution in [3.63, 3.8) is 0 Å². The summed E-state index contributed by atoms with van der Waals surface area (Å²) in [5.41, 5.74) is 12.7. The molecule has 2 aliphatic rings. The van der Waals surface area contributed by atoms with Gasteiger partial charge in [0.05, 0.1) is 19.3 Å². The van der Waals surface area contributed by atoms with Gasteiger partial charge in [0.25, 0.3) is 0 Å². The normalized spacial score (nSPS) is 17.1. The third-order valence-electron chi connectivity index (χ3n) is 6.29. The van der Waals surface area contributed by atoms with Gasteiger partial charge in [-0.3, -0.25) is 4.68 Å². The molecule has 35 heavy (non-hydrogen) atoms. The van der Waals surface area contributed by atoms with Crippen LogP contribution in [0.4, 0.5) is 0 Å². The zero-order valence-electron chi connectivity index (χ0n) is 19.3. The third-order valence-corrected chi connectivity index (χ3v) is 6.29. The molecule has 5 rings (SSSR count). The molecule has 0 bridgehead atoms. The lowest BCUT2D eigenvalue weighted by atomic mass is 9.87. The van der Waals surface area contributed by atoms with Crippen molar-refractivity contribution in [3.05, 3.63) is 52.6 Å². The van der Waals surface area contributed by atoms with E-state index in [4.69, 9.17) is 20.6 Å². The first kappa shape index (κ1) is 24.5. The van der Waals surface area contributed by atoms with Gasteiger partial charge in [-0.25, -0.2) is 9.79 Å². The van der Waals surface area contributed by atoms with E-state index in [2.05, 4.69) is 20.3 Å². The average molecular weight is 501 g/mol. The summed E-state index contributed by atoms with van der Waals surface area (Å²) in [4.78, 5) is 22.3. The van der Waals surface area contributed by atoms with Gasteiger partial charge in [0.1, 0.15) is 22.7 Å². The third kappa shape index (κ3) is 5.40. The van der Waals surface area contributed by atoms with E-state index in [1.54, 1.807) is 16.8 Å². The molecular formula is C23H29ClN8O3. The Bertz CT molecular complexity index is 1300. The highest BCUT2D eigenvalue weighted by atomic mass is 35.5. The molecule has 186 valence electrons. The van der Waals surface area contributed by atoms with E-state index in [1.165, 1.54) is 12.5 Å². The number of nitrogens with two attached hydrogens (primary N) is 2. The molecule has 1 aliphatic carbocycles. The average Bonchev–Trinajstić information content (AvgIpc) is 3.27. The molecule has 3 heterocycles. The minimum Gasteiger partial charge on any atom is -0.493 e. The first-order valence-corrected chi connectivity index (χ1v) is 11.5. The van der Waals surface area contributed by atoms with Gasteiger partial charge in [0.15, 0.2) is 0 Å². The summed E-state index contributed by atoms with van der Waals surface area (Å²) >= 11 is 0. The summed E-state index contributed by atoms with van der Waals surface area (Å²) in [6, 6.07) is 8.58. The summed E-state index contributed by atoms with van der Waals surface area (Å²) in [5.74, 6) is 1.27. The highest BCUT2D eigenvalue weighted by molar-refractivity contribution is 5.95. The van der Waals surface area contributed by atoms with Crippen molar-refractivity contribution in [3.8, 4) is 5.75 Å². The van der Waals surface area contributed by atoms with Gasteiger partial charge >= 0.3 is 5.63 Å². The molecule has 0 unspecified atom stereocenters. The molecule has 0 atom stereocenters. The predicted octanol–water partition coefficient (Wildman–Crippen LogP) is 2.38. The van der Waals surface area contributed by atoms with E-state index < -0.39 is 5.66 Å². The van der Waals surface area contributed by atoms with E-state index in [1.807, 2.05) is 23.2 Å². The number of ether oxygens (including phenoxy) is 1. The first-order chi connectivity index (χ1) is 16.5. The molecule has 11 nitrogen and oxygen atoms in total. The Labute approximate surface area is 208 Å². The fraction of sp³-hybridized carbons (Fsp3) is 0.435. The van der Waals surface area contributed by atoms with Crippen LogP contribution in [0.15, 0.2) is 55.7 Å². The van der Waals surface area contributed by atoms with Crippen LogP contribution in [0.3, 0.4) is 0 Å². The van der Waals surface area contributed by atoms with Gasteiger partial charge in [-0.1, -0.05) is 11.6 Å². The van der Waals surface area contributed by atoms with E-state index in [-0.39, 0.29) is 24.0 Å². The van der Waals surface area contributed by atoms with Crippen molar-refractivity contribution < 1.29 is 9.15 Å². The van der Waals surface area contributed by atoms with Gasteiger partial charge in [0, 0.05) is 30.5 Å². The fourth-order valence-corrected chi connectivity index (χ4v) is 4.65. The van der Waals surface area contributed by atoms with Crippen LogP contribution in [-0.4, -0.2) is 44.1 Å². The fourth-order valence-electron chi connectivity index (χ4n) is 4.65. The lowest BCUT2D eigenvalue weighted by Crippen LogP contribution is -2.57. The molecule has 1 aliphatic heterocycles. The van der Waals surface area contributed by atoms with Crippen LogP contribution in [0.5, 0.6) is 5.75 Å². The number of benzene rings is 1. The van der Waals surface area contributed by atoms with Gasteiger partial charge in [-0.05, 0) is 43.9 Å². The van der Waals surface area contributed by atoms with E-state index in [0.29, 0.717) is 37.0 Å². The Morgan fingerprint density at radius 2 is 1.91 bits per heavy atom. The summed E-state index contributed by atoms with van der Waals surface area (Å²) in [5, 5.41) is 9.41. The number of aliphatic imine (C=N–C) groups is 2. The molecule has 1 fully saturated rings. The standard InChI is InChI=1S/C23H28N8O3.ClH/c24-21-26-22(25)31(23(27-21)9-2-1-3-10-23)15-17-14-30(29-28-17)11-4-12-33-18-7-5-16-6-8-20(32)34-19(16)13-18;/h5-8,13-14H,1-4,9-12,15H2,(H4,24,25,26,27);1H. The molecule has 4 N–H and O–H groups in total. The molecule has 1 saturated carbocycles. The second kappa shape index (κ2) is 10.3. The summed E-state index contributed by atoms with van der Waals surface area (Å²) in [6.07, 6.45) is 7.79. The maximum atomic E-state index is 11.4. The number of aryl methyl sites for hydroxylation is 1. The molecule has 3 aromatic rings. The maximum absolute atomic E-state index is 11.4. The minimum atomic E-state index is -0.440. The molecule has 12 heteroatoms. The number of nitrogens with zero attached hydrogens (tertiary/aromatic N) is 6. The van der Waals surface area contributed by atoms with Crippen LogP contribution >= 0.6 is 12.4 Å². The number of fused-ring (bicyclic) bond motifs is 1. The van der Waals surface area contributed by atoms with Crippen LogP contribution in [0.25, 0.3) is 11.0 Å². The monoisotopic (exact) mass is 500 g/mol. The summed E-state index contributed by atoms with van der Waals surface area (Å²) in [6.45, 7) is 1.61. The van der Waals surface area contributed by atoms with Crippen LogP contribution < -0.4 is 21.8 Å². The second-order valence-electron chi connectivity index (χ2n) is 8.70. The van der Waals surface area contributed by atoms with Crippen molar-refractivity contribution in [1.29, 1.82) is 0 Å². The van der Waals surface area contributed by atoms with Gasteiger partial charge in [-0.2, -0.15) is 4.99 Å².